The zero-order valence-electron chi connectivity index (χ0n) is 11.7. The van der Waals surface area contributed by atoms with Crippen molar-refractivity contribution < 1.29 is 9.66 Å². The van der Waals surface area contributed by atoms with Gasteiger partial charge in [-0.3, -0.25) is 10.1 Å². The van der Waals surface area contributed by atoms with Crippen molar-refractivity contribution in [2.45, 2.75) is 19.3 Å². The number of hydrogen-bond donors (Lipinski definition) is 0. The molecule has 0 saturated carbocycles. The molecule has 1 fully saturated rings. The highest BCUT2D eigenvalue weighted by molar-refractivity contribution is 8.22. The maximum absolute atomic E-state index is 10.5. The third kappa shape index (κ3) is 5.17. The second-order valence-electron chi connectivity index (χ2n) is 4.76. The lowest BCUT2D eigenvalue weighted by Gasteiger charge is -2.17. The van der Waals surface area contributed by atoms with E-state index in [1.165, 1.54) is 25.0 Å². The maximum Gasteiger partial charge on any atom is 0.269 e. The smallest absolute Gasteiger partial charge is 0.269 e. The number of benzene rings is 1. The molecule has 114 valence electrons. The highest BCUT2D eigenvalue weighted by atomic mass is 32.2. The second-order valence-corrected chi connectivity index (χ2v) is 6.49. The van der Waals surface area contributed by atoms with Crippen molar-refractivity contribution in [2.24, 2.45) is 0 Å². The molecule has 0 N–H and O–H groups in total. The minimum absolute atomic E-state index is 0.0777. The molecule has 5 nitrogen and oxygen atoms in total. The Morgan fingerprint density at radius 2 is 2.00 bits per heavy atom. The average Bonchev–Trinajstić information content (AvgIpc) is 3.01. The monoisotopic (exact) mass is 326 g/mol. The molecular formula is C14H18N2O3S2. The lowest BCUT2D eigenvalue weighted by atomic mass is 10.3. The molecule has 1 saturated heterocycles. The predicted molar refractivity (Wildman–Crippen MR) is 89.1 cm³/mol. The first-order valence-corrected chi connectivity index (χ1v) is 8.35. The fourth-order valence-electron chi connectivity index (χ4n) is 2.06. The quantitative estimate of drug-likeness (QED) is 0.345. The van der Waals surface area contributed by atoms with Crippen molar-refractivity contribution in [3.8, 4) is 5.75 Å². The fraction of sp³-hybridized carbons (Fsp3) is 0.500. The van der Waals surface area contributed by atoms with Gasteiger partial charge in [0.2, 0.25) is 0 Å². The van der Waals surface area contributed by atoms with Gasteiger partial charge in [0.1, 0.15) is 10.1 Å². The number of hydrogen-bond acceptors (Lipinski definition) is 5. The van der Waals surface area contributed by atoms with E-state index in [0.29, 0.717) is 12.4 Å². The normalized spacial score (nSPS) is 14.2. The van der Waals surface area contributed by atoms with E-state index in [1.807, 2.05) is 0 Å². The lowest BCUT2D eigenvalue weighted by molar-refractivity contribution is -0.384. The summed E-state index contributed by atoms with van der Waals surface area (Å²) < 4.78 is 6.54. The zero-order chi connectivity index (χ0) is 15.1. The molecule has 0 bridgehead atoms. The molecule has 0 unspecified atom stereocenters. The van der Waals surface area contributed by atoms with E-state index in [1.54, 1.807) is 23.9 Å². The number of non-ortho nitro benzene ring substituents is 1. The average molecular weight is 326 g/mol. The van der Waals surface area contributed by atoms with Crippen LogP contribution in [0.15, 0.2) is 24.3 Å². The molecule has 0 radical (unpaired) electrons. The summed E-state index contributed by atoms with van der Waals surface area (Å²) in [5.74, 6) is 1.59. The van der Waals surface area contributed by atoms with Gasteiger partial charge in [-0.25, -0.2) is 0 Å². The van der Waals surface area contributed by atoms with E-state index < -0.39 is 4.92 Å². The van der Waals surface area contributed by atoms with Crippen LogP contribution in [-0.4, -0.2) is 39.6 Å². The summed E-state index contributed by atoms with van der Waals surface area (Å²) in [4.78, 5) is 12.4. The second kappa shape index (κ2) is 8.19. The predicted octanol–water partition coefficient (Wildman–Crippen LogP) is 3.48. The van der Waals surface area contributed by atoms with Crippen molar-refractivity contribution in [1.82, 2.24) is 4.90 Å². The van der Waals surface area contributed by atoms with Crippen molar-refractivity contribution in [3.05, 3.63) is 34.4 Å². The van der Waals surface area contributed by atoms with Crippen LogP contribution in [0.2, 0.25) is 0 Å². The van der Waals surface area contributed by atoms with Crippen LogP contribution in [0, 0.1) is 10.1 Å². The fourth-order valence-corrected chi connectivity index (χ4v) is 3.30. The Kier molecular flexibility index (Phi) is 6.25. The molecule has 0 atom stereocenters. The third-order valence-corrected chi connectivity index (χ3v) is 4.80. The number of ether oxygens (including phenoxy) is 1. The summed E-state index contributed by atoms with van der Waals surface area (Å²) in [5.41, 5.74) is 0.0777. The standard InChI is InChI=1S/C14H18N2O3S2/c17-16(18)12-4-6-13(7-5-12)19-10-3-11-21-14(20)15-8-1-2-9-15/h4-7H,1-3,8-11H2. The minimum Gasteiger partial charge on any atom is -0.494 e. The summed E-state index contributed by atoms with van der Waals surface area (Å²) in [6, 6.07) is 6.15. The molecule has 7 heteroatoms. The molecule has 0 amide bonds. The molecule has 21 heavy (non-hydrogen) atoms. The third-order valence-electron chi connectivity index (χ3n) is 3.19. The van der Waals surface area contributed by atoms with Gasteiger partial charge < -0.3 is 9.64 Å². The van der Waals surface area contributed by atoms with Gasteiger partial charge in [-0.2, -0.15) is 0 Å². The van der Waals surface area contributed by atoms with Gasteiger partial charge in [0.15, 0.2) is 0 Å². The minimum atomic E-state index is -0.417. The van der Waals surface area contributed by atoms with Crippen LogP contribution in [0.4, 0.5) is 5.69 Å². The number of nitrogens with zero attached hydrogens (tertiary/aromatic N) is 2. The summed E-state index contributed by atoms with van der Waals surface area (Å²) in [7, 11) is 0. The van der Waals surface area contributed by atoms with Crippen molar-refractivity contribution in [1.29, 1.82) is 0 Å². The number of thiocarbonyl (C=S) groups is 1. The van der Waals surface area contributed by atoms with Crippen LogP contribution >= 0.6 is 24.0 Å². The van der Waals surface area contributed by atoms with Gasteiger partial charge in [-0.15, -0.1) is 0 Å². The number of nitro groups is 1. The number of nitro benzene ring substituents is 1. The van der Waals surface area contributed by atoms with Crippen LogP contribution in [0.5, 0.6) is 5.75 Å². The molecular weight excluding hydrogens is 308 g/mol. The maximum atomic E-state index is 10.5. The van der Waals surface area contributed by atoms with Gasteiger partial charge in [0.05, 0.1) is 11.5 Å². The molecule has 0 aromatic heterocycles. The van der Waals surface area contributed by atoms with Crippen LogP contribution < -0.4 is 4.74 Å². The highest BCUT2D eigenvalue weighted by Crippen LogP contribution is 2.19. The van der Waals surface area contributed by atoms with Crippen molar-refractivity contribution in [2.75, 3.05) is 25.4 Å². The van der Waals surface area contributed by atoms with Crippen LogP contribution in [-0.2, 0) is 0 Å². The Labute approximate surface area is 133 Å². The summed E-state index contributed by atoms with van der Waals surface area (Å²) >= 11 is 7.08. The molecule has 0 spiro atoms. The van der Waals surface area contributed by atoms with E-state index in [9.17, 15) is 10.1 Å². The molecule has 0 aliphatic carbocycles. The van der Waals surface area contributed by atoms with E-state index in [-0.39, 0.29) is 5.69 Å². The summed E-state index contributed by atoms with van der Waals surface area (Å²) in [6.07, 6.45) is 3.38. The van der Waals surface area contributed by atoms with Gasteiger partial charge in [0, 0.05) is 31.0 Å². The van der Waals surface area contributed by atoms with Gasteiger partial charge >= 0.3 is 0 Å². The first-order chi connectivity index (χ1) is 10.2. The van der Waals surface area contributed by atoms with Crippen molar-refractivity contribution >= 4 is 34.0 Å². The Bertz CT molecular complexity index is 487. The Balaban J connectivity index is 1.61. The van der Waals surface area contributed by atoms with E-state index in [0.717, 1.165) is 29.6 Å². The Hall–Kier alpha value is -1.34. The van der Waals surface area contributed by atoms with Crippen LogP contribution in [0.1, 0.15) is 19.3 Å². The van der Waals surface area contributed by atoms with E-state index in [4.69, 9.17) is 17.0 Å². The molecule has 1 aliphatic rings. The first-order valence-electron chi connectivity index (χ1n) is 6.96. The lowest BCUT2D eigenvalue weighted by Crippen LogP contribution is -2.23. The molecule has 1 aromatic rings. The Morgan fingerprint density at radius 3 is 2.62 bits per heavy atom. The zero-order valence-corrected chi connectivity index (χ0v) is 13.3. The Morgan fingerprint density at radius 1 is 1.33 bits per heavy atom. The first kappa shape index (κ1) is 16.0. The summed E-state index contributed by atoms with van der Waals surface area (Å²) in [6.45, 7) is 2.77. The number of thioether (sulfide) groups is 1. The van der Waals surface area contributed by atoms with E-state index >= 15 is 0 Å². The molecule has 1 aliphatic heterocycles. The largest absolute Gasteiger partial charge is 0.494 e. The number of likely N-dealkylation sites (tertiary alicyclic amines) is 1. The van der Waals surface area contributed by atoms with E-state index in [2.05, 4.69) is 4.90 Å². The van der Waals surface area contributed by atoms with Crippen LogP contribution in [0.3, 0.4) is 0 Å². The van der Waals surface area contributed by atoms with Gasteiger partial charge in [-0.05, 0) is 31.4 Å². The van der Waals surface area contributed by atoms with Gasteiger partial charge in [-0.1, -0.05) is 24.0 Å². The SMILES string of the molecule is O=[N+]([O-])c1ccc(OCCCSC(=S)N2CCCC2)cc1. The van der Waals surface area contributed by atoms with Crippen LogP contribution in [0.25, 0.3) is 0 Å². The van der Waals surface area contributed by atoms with Crippen molar-refractivity contribution in [3.63, 3.8) is 0 Å². The topological polar surface area (TPSA) is 55.6 Å². The molecule has 2 rings (SSSR count). The molecule has 1 aromatic carbocycles. The highest BCUT2D eigenvalue weighted by Gasteiger charge is 2.14. The summed E-state index contributed by atoms with van der Waals surface area (Å²) in [5, 5.41) is 10.5. The number of rotatable bonds is 6. The van der Waals surface area contributed by atoms with Gasteiger partial charge in [0.25, 0.3) is 5.69 Å². The molecule has 1 heterocycles.